The van der Waals surface area contributed by atoms with Crippen LogP contribution in [-0.2, 0) is 4.79 Å². The number of amides is 1. The van der Waals surface area contributed by atoms with Gasteiger partial charge in [-0.3, -0.25) is 14.5 Å². The van der Waals surface area contributed by atoms with E-state index in [1.165, 1.54) is 12.1 Å². The molecule has 2 aliphatic heterocycles. The molecule has 6 heteroatoms. The van der Waals surface area contributed by atoms with Gasteiger partial charge in [-0.15, -0.1) is 0 Å². The zero-order valence-electron chi connectivity index (χ0n) is 16.4. The molecular formula is C21H30FN3O2. The molecule has 148 valence electrons. The summed E-state index contributed by atoms with van der Waals surface area (Å²) in [6.45, 7) is 4.62. The Morgan fingerprint density at radius 3 is 2.59 bits per heavy atom. The van der Waals surface area contributed by atoms with E-state index in [1.54, 1.807) is 12.1 Å². The summed E-state index contributed by atoms with van der Waals surface area (Å²) in [5.74, 6) is -0.00960. The zero-order valence-corrected chi connectivity index (χ0v) is 16.4. The number of carbonyl (C=O) groups is 2. The molecule has 1 atom stereocenters. The van der Waals surface area contributed by atoms with E-state index in [0.29, 0.717) is 18.4 Å². The number of benzene rings is 1. The van der Waals surface area contributed by atoms with Crippen LogP contribution in [-0.4, -0.2) is 78.7 Å². The Bertz CT molecular complexity index is 679. The lowest BCUT2D eigenvalue weighted by atomic mass is 9.86. The van der Waals surface area contributed by atoms with Crippen molar-refractivity contribution in [2.24, 2.45) is 0 Å². The van der Waals surface area contributed by atoms with Gasteiger partial charge in [0.15, 0.2) is 5.78 Å². The van der Waals surface area contributed by atoms with Crippen molar-refractivity contribution in [3.8, 4) is 0 Å². The predicted molar refractivity (Wildman–Crippen MR) is 103 cm³/mol. The van der Waals surface area contributed by atoms with Crippen molar-refractivity contribution in [1.82, 2.24) is 14.7 Å². The molecule has 0 aliphatic carbocycles. The van der Waals surface area contributed by atoms with Gasteiger partial charge < -0.3 is 9.80 Å². The zero-order chi connectivity index (χ0) is 19.4. The molecule has 0 saturated carbocycles. The highest BCUT2D eigenvalue weighted by Crippen LogP contribution is 2.31. The molecule has 5 nitrogen and oxygen atoms in total. The quantitative estimate of drug-likeness (QED) is 0.742. The number of rotatable bonds is 5. The van der Waals surface area contributed by atoms with E-state index in [9.17, 15) is 14.0 Å². The van der Waals surface area contributed by atoms with Crippen molar-refractivity contribution in [1.29, 1.82) is 0 Å². The molecule has 1 aromatic rings. The van der Waals surface area contributed by atoms with Crippen LogP contribution in [0.3, 0.4) is 0 Å². The number of likely N-dealkylation sites (tertiary alicyclic amines) is 1. The SMILES string of the molecule is CN1CCC2(CCC1=O)CN(CCCC(=O)c1ccc(F)cc1)CCN2C. The van der Waals surface area contributed by atoms with Crippen molar-refractivity contribution in [2.75, 3.05) is 46.8 Å². The Balaban J connectivity index is 1.53. The average molecular weight is 375 g/mol. The smallest absolute Gasteiger partial charge is 0.222 e. The number of piperazine rings is 1. The maximum absolute atomic E-state index is 13.0. The molecular weight excluding hydrogens is 345 g/mol. The van der Waals surface area contributed by atoms with Crippen LogP contribution >= 0.6 is 0 Å². The highest BCUT2D eigenvalue weighted by molar-refractivity contribution is 5.95. The molecule has 0 bridgehead atoms. The van der Waals surface area contributed by atoms with Crippen LogP contribution < -0.4 is 0 Å². The number of hydrogen-bond donors (Lipinski definition) is 0. The van der Waals surface area contributed by atoms with Crippen LogP contribution in [0.15, 0.2) is 24.3 Å². The van der Waals surface area contributed by atoms with Gasteiger partial charge in [0.1, 0.15) is 5.82 Å². The van der Waals surface area contributed by atoms with Gasteiger partial charge in [0.05, 0.1) is 0 Å². The molecule has 2 aliphatic rings. The molecule has 1 unspecified atom stereocenters. The normalized spacial score (nSPS) is 25.0. The monoisotopic (exact) mass is 375 g/mol. The Hall–Kier alpha value is -1.79. The average Bonchev–Trinajstić information content (AvgIpc) is 2.80. The molecule has 1 amide bonds. The van der Waals surface area contributed by atoms with Gasteiger partial charge in [-0.2, -0.15) is 0 Å². The number of likely N-dealkylation sites (N-methyl/N-ethyl adjacent to an activating group) is 1. The summed E-state index contributed by atoms with van der Waals surface area (Å²) in [6, 6.07) is 5.78. The van der Waals surface area contributed by atoms with Crippen molar-refractivity contribution in [3.63, 3.8) is 0 Å². The van der Waals surface area contributed by atoms with Gasteiger partial charge in [0, 0.05) is 57.2 Å². The first-order valence-corrected chi connectivity index (χ1v) is 9.86. The van der Waals surface area contributed by atoms with Gasteiger partial charge in [-0.1, -0.05) is 0 Å². The topological polar surface area (TPSA) is 43.9 Å². The molecule has 3 rings (SSSR count). The van der Waals surface area contributed by atoms with Crippen LogP contribution in [0.1, 0.15) is 42.5 Å². The second-order valence-electron chi connectivity index (χ2n) is 8.02. The standard InChI is InChI=1S/C21H30FN3O2/c1-23-13-11-21(10-9-20(23)27)16-25(15-14-24(21)2)12-3-4-19(26)17-5-7-18(22)8-6-17/h5-8H,3-4,9-16H2,1-2H3. The second kappa shape index (κ2) is 8.48. The third kappa shape index (κ3) is 4.74. The maximum Gasteiger partial charge on any atom is 0.222 e. The predicted octanol–water partition coefficient (Wildman–Crippen LogP) is 2.42. The summed E-state index contributed by atoms with van der Waals surface area (Å²) in [5, 5.41) is 0. The summed E-state index contributed by atoms with van der Waals surface area (Å²) < 4.78 is 13.0. The molecule has 2 fully saturated rings. The summed E-state index contributed by atoms with van der Waals surface area (Å²) in [6.07, 6.45) is 3.78. The molecule has 0 N–H and O–H groups in total. The Morgan fingerprint density at radius 2 is 1.85 bits per heavy atom. The third-order valence-corrected chi connectivity index (χ3v) is 6.27. The number of ketones is 1. The fourth-order valence-electron chi connectivity index (χ4n) is 4.27. The van der Waals surface area contributed by atoms with Gasteiger partial charge >= 0.3 is 0 Å². The summed E-state index contributed by atoms with van der Waals surface area (Å²) in [7, 11) is 4.06. The molecule has 1 spiro atoms. The first kappa shape index (κ1) is 20.0. The fraction of sp³-hybridized carbons (Fsp3) is 0.619. The Kier molecular flexibility index (Phi) is 6.27. The van der Waals surface area contributed by atoms with E-state index in [4.69, 9.17) is 0 Å². The highest BCUT2D eigenvalue weighted by Gasteiger charge is 2.41. The lowest BCUT2D eigenvalue weighted by molar-refractivity contribution is -0.129. The Morgan fingerprint density at radius 1 is 1.11 bits per heavy atom. The number of hydrogen-bond acceptors (Lipinski definition) is 4. The van der Waals surface area contributed by atoms with E-state index in [1.807, 2.05) is 11.9 Å². The van der Waals surface area contributed by atoms with Gasteiger partial charge in [0.25, 0.3) is 0 Å². The van der Waals surface area contributed by atoms with Crippen molar-refractivity contribution < 1.29 is 14.0 Å². The van der Waals surface area contributed by atoms with Crippen LogP contribution in [0.25, 0.3) is 0 Å². The molecule has 2 heterocycles. The van der Waals surface area contributed by atoms with E-state index in [2.05, 4.69) is 16.8 Å². The van der Waals surface area contributed by atoms with E-state index < -0.39 is 0 Å². The fourth-order valence-corrected chi connectivity index (χ4v) is 4.27. The lowest BCUT2D eigenvalue weighted by Crippen LogP contribution is -2.61. The minimum absolute atomic E-state index is 0.0552. The second-order valence-corrected chi connectivity index (χ2v) is 8.02. The summed E-state index contributed by atoms with van der Waals surface area (Å²) in [5.41, 5.74) is 0.635. The van der Waals surface area contributed by atoms with Gasteiger partial charge in [-0.25, -0.2) is 4.39 Å². The number of halogens is 1. The molecule has 0 aromatic heterocycles. The van der Waals surface area contributed by atoms with Crippen LogP contribution in [0.5, 0.6) is 0 Å². The number of nitrogens with zero attached hydrogens (tertiary/aromatic N) is 3. The van der Waals surface area contributed by atoms with Crippen molar-refractivity contribution in [2.45, 2.75) is 37.6 Å². The van der Waals surface area contributed by atoms with Crippen LogP contribution in [0.4, 0.5) is 4.39 Å². The number of carbonyl (C=O) groups excluding carboxylic acids is 2. The largest absolute Gasteiger partial charge is 0.346 e. The first-order valence-electron chi connectivity index (χ1n) is 9.86. The lowest BCUT2D eigenvalue weighted by Gasteiger charge is -2.49. The van der Waals surface area contributed by atoms with Crippen molar-refractivity contribution >= 4 is 11.7 Å². The summed E-state index contributed by atoms with van der Waals surface area (Å²) in [4.78, 5) is 31.1. The van der Waals surface area contributed by atoms with E-state index in [0.717, 1.165) is 52.0 Å². The van der Waals surface area contributed by atoms with E-state index in [-0.39, 0.29) is 23.0 Å². The van der Waals surface area contributed by atoms with E-state index >= 15 is 0 Å². The Labute approximate surface area is 161 Å². The molecule has 1 aromatic carbocycles. The number of Topliss-reactive ketones (excluding diaryl/α,β-unsaturated/α-hetero) is 1. The highest BCUT2D eigenvalue weighted by atomic mass is 19.1. The van der Waals surface area contributed by atoms with Gasteiger partial charge in [-0.05, 0) is 57.1 Å². The molecule has 2 saturated heterocycles. The first-order chi connectivity index (χ1) is 12.9. The maximum atomic E-state index is 13.0. The van der Waals surface area contributed by atoms with Crippen molar-refractivity contribution in [3.05, 3.63) is 35.6 Å². The minimum atomic E-state index is -0.318. The van der Waals surface area contributed by atoms with Gasteiger partial charge in [0.2, 0.25) is 5.91 Å². The third-order valence-electron chi connectivity index (χ3n) is 6.27. The van der Waals surface area contributed by atoms with Crippen LogP contribution in [0.2, 0.25) is 0 Å². The molecule has 27 heavy (non-hydrogen) atoms. The minimum Gasteiger partial charge on any atom is -0.346 e. The summed E-state index contributed by atoms with van der Waals surface area (Å²) >= 11 is 0. The van der Waals surface area contributed by atoms with Crippen LogP contribution in [0, 0.1) is 5.82 Å². The molecule has 0 radical (unpaired) electrons.